The number of halogens is 1. The minimum Gasteiger partial charge on any atom is -0.347 e. The second-order valence-electron chi connectivity index (χ2n) is 6.28. The normalized spacial score (nSPS) is 11.5. The number of amides is 1. The van der Waals surface area contributed by atoms with Gasteiger partial charge in [-0.15, -0.1) is 11.3 Å². The Morgan fingerprint density at radius 1 is 1.07 bits per heavy atom. The molecule has 4 aromatic rings. The largest absolute Gasteiger partial charge is 0.347 e. The fourth-order valence-electron chi connectivity index (χ4n) is 2.84. The number of thiophene rings is 1. The number of carbonyl (C=O) groups is 1. The summed E-state index contributed by atoms with van der Waals surface area (Å²) in [7, 11) is -3.70. The summed E-state index contributed by atoms with van der Waals surface area (Å²) in [6.45, 7) is 0.289. The molecule has 0 bridgehead atoms. The van der Waals surface area contributed by atoms with E-state index in [0.29, 0.717) is 4.88 Å². The molecule has 2 aromatic heterocycles. The van der Waals surface area contributed by atoms with Crippen molar-refractivity contribution in [3.05, 3.63) is 88.5 Å². The van der Waals surface area contributed by atoms with E-state index in [4.69, 9.17) is 11.6 Å². The Balaban J connectivity index is 1.47. The number of nitrogens with one attached hydrogen (secondary N) is 1. The van der Waals surface area contributed by atoms with E-state index in [9.17, 15) is 13.2 Å². The maximum Gasteiger partial charge on any atom is 0.261 e. The molecule has 0 unspecified atom stereocenters. The van der Waals surface area contributed by atoms with Gasteiger partial charge in [0.1, 0.15) is 0 Å². The van der Waals surface area contributed by atoms with Crippen molar-refractivity contribution in [3.63, 3.8) is 0 Å². The molecule has 2 heterocycles. The summed E-state index contributed by atoms with van der Waals surface area (Å²) in [5.41, 5.74) is 0.791. The minimum atomic E-state index is -3.70. The molecule has 29 heavy (non-hydrogen) atoms. The van der Waals surface area contributed by atoms with E-state index in [0.717, 1.165) is 15.6 Å². The van der Waals surface area contributed by atoms with Gasteiger partial charge >= 0.3 is 0 Å². The Labute approximate surface area is 176 Å². The number of rotatable bonds is 5. The zero-order valence-corrected chi connectivity index (χ0v) is 17.4. The average molecular weight is 443 g/mol. The number of benzene rings is 2. The van der Waals surface area contributed by atoms with Crippen molar-refractivity contribution in [3.8, 4) is 0 Å². The smallest absolute Gasteiger partial charge is 0.261 e. The molecular weight excluding hydrogens is 428 g/mol. The molecule has 2 aromatic carbocycles. The molecule has 8 heteroatoms. The van der Waals surface area contributed by atoms with Crippen molar-refractivity contribution in [2.45, 2.75) is 16.3 Å². The van der Waals surface area contributed by atoms with Crippen LogP contribution >= 0.6 is 22.9 Å². The lowest BCUT2D eigenvalue weighted by molar-refractivity contribution is 0.0955. The SMILES string of the molecule is O=C(NCc1ccc(S(=O)(=O)c2ccccc2Cl)cc1)c1cc2ccncc2s1. The lowest BCUT2D eigenvalue weighted by Gasteiger charge is -2.08. The maximum absolute atomic E-state index is 12.7. The quantitative estimate of drug-likeness (QED) is 0.485. The van der Waals surface area contributed by atoms with Crippen LogP contribution in [0.5, 0.6) is 0 Å². The lowest BCUT2D eigenvalue weighted by atomic mass is 10.2. The number of aromatic nitrogens is 1. The van der Waals surface area contributed by atoms with Crippen LogP contribution in [0.4, 0.5) is 0 Å². The van der Waals surface area contributed by atoms with Gasteiger partial charge in [-0.2, -0.15) is 0 Å². The van der Waals surface area contributed by atoms with Crippen molar-refractivity contribution >= 4 is 48.8 Å². The summed E-state index contributed by atoms with van der Waals surface area (Å²) >= 11 is 7.41. The van der Waals surface area contributed by atoms with Gasteiger partial charge < -0.3 is 5.32 Å². The lowest BCUT2D eigenvalue weighted by Crippen LogP contribution is -2.21. The molecule has 0 radical (unpaired) electrons. The Kier molecular flexibility index (Phi) is 5.36. The van der Waals surface area contributed by atoms with Crippen LogP contribution in [0.2, 0.25) is 5.02 Å². The number of nitrogens with zero attached hydrogens (tertiary/aromatic N) is 1. The highest BCUT2D eigenvalue weighted by atomic mass is 35.5. The summed E-state index contributed by atoms with van der Waals surface area (Å²) in [6, 6.07) is 16.4. The van der Waals surface area contributed by atoms with Gasteiger partial charge in [-0.3, -0.25) is 9.78 Å². The summed E-state index contributed by atoms with van der Waals surface area (Å²) in [4.78, 5) is 17.3. The van der Waals surface area contributed by atoms with Crippen molar-refractivity contribution in [1.29, 1.82) is 0 Å². The van der Waals surface area contributed by atoms with Crippen LogP contribution in [-0.2, 0) is 16.4 Å². The number of hydrogen-bond donors (Lipinski definition) is 1. The summed E-state index contributed by atoms with van der Waals surface area (Å²) in [6.07, 6.45) is 3.42. The van der Waals surface area contributed by atoms with Gasteiger partial charge in [-0.25, -0.2) is 8.42 Å². The second kappa shape index (κ2) is 7.94. The number of carbonyl (C=O) groups excluding carboxylic acids is 1. The fourth-order valence-corrected chi connectivity index (χ4v) is 5.56. The van der Waals surface area contributed by atoms with E-state index in [1.165, 1.54) is 29.5 Å². The molecule has 0 fully saturated rings. The van der Waals surface area contributed by atoms with Crippen LogP contribution in [0, 0.1) is 0 Å². The average Bonchev–Trinajstić information content (AvgIpc) is 3.17. The zero-order chi connectivity index (χ0) is 20.4. The van der Waals surface area contributed by atoms with Crippen LogP contribution in [0.15, 0.2) is 82.8 Å². The summed E-state index contributed by atoms with van der Waals surface area (Å²) in [5, 5.41) is 4.01. The van der Waals surface area contributed by atoms with Crippen molar-refractivity contribution < 1.29 is 13.2 Å². The third-order valence-electron chi connectivity index (χ3n) is 4.36. The summed E-state index contributed by atoms with van der Waals surface area (Å²) in [5.74, 6) is -0.182. The molecule has 5 nitrogen and oxygen atoms in total. The molecule has 0 atom stereocenters. The van der Waals surface area contributed by atoms with E-state index in [-0.39, 0.29) is 27.3 Å². The van der Waals surface area contributed by atoms with Gasteiger partial charge in [0.25, 0.3) is 5.91 Å². The van der Waals surface area contributed by atoms with Crippen LogP contribution in [0.3, 0.4) is 0 Å². The Hall–Kier alpha value is -2.74. The van der Waals surface area contributed by atoms with Crippen molar-refractivity contribution in [2.75, 3.05) is 0 Å². The molecule has 4 rings (SSSR count). The highest BCUT2D eigenvalue weighted by Gasteiger charge is 2.20. The monoisotopic (exact) mass is 442 g/mol. The van der Waals surface area contributed by atoms with E-state index < -0.39 is 9.84 Å². The molecule has 1 amide bonds. The first kappa shape index (κ1) is 19.6. The van der Waals surface area contributed by atoms with Crippen LogP contribution in [0.25, 0.3) is 10.1 Å². The van der Waals surface area contributed by atoms with Crippen LogP contribution in [-0.4, -0.2) is 19.3 Å². The first-order chi connectivity index (χ1) is 13.9. The number of sulfone groups is 1. The predicted molar refractivity (Wildman–Crippen MR) is 114 cm³/mol. The molecule has 146 valence electrons. The number of fused-ring (bicyclic) bond motifs is 1. The van der Waals surface area contributed by atoms with E-state index in [1.807, 2.05) is 12.1 Å². The van der Waals surface area contributed by atoms with E-state index >= 15 is 0 Å². The first-order valence-corrected chi connectivity index (χ1v) is 11.3. The molecule has 0 aliphatic heterocycles. The molecule has 0 saturated heterocycles. The Morgan fingerprint density at radius 3 is 2.55 bits per heavy atom. The highest BCUT2D eigenvalue weighted by Crippen LogP contribution is 2.27. The molecule has 0 aliphatic rings. The van der Waals surface area contributed by atoms with Crippen molar-refractivity contribution in [1.82, 2.24) is 10.3 Å². The van der Waals surface area contributed by atoms with E-state index in [1.54, 1.807) is 42.7 Å². The Bertz CT molecular complexity index is 1270. The van der Waals surface area contributed by atoms with E-state index in [2.05, 4.69) is 10.3 Å². The molecule has 0 saturated carbocycles. The van der Waals surface area contributed by atoms with Gasteiger partial charge in [-0.05, 0) is 47.3 Å². The van der Waals surface area contributed by atoms with Gasteiger partial charge in [0.05, 0.1) is 24.4 Å². The predicted octanol–water partition coefficient (Wildman–Crippen LogP) is 4.71. The van der Waals surface area contributed by atoms with Crippen LogP contribution < -0.4 is 5.32 Å². The Morgan fingerprint density at radius 2 is 1.83 bits per heavy atom. The topological polar surface area (TPSA) is 76.1 Å². The van der Waals surface area contributed by atoms with Gasteiger partial charge in [0.2, 0.25) is 9.84 Å². The second-order valence-corrected chi connectivity index (χ2v) is 9.69. The molecule has 1 N–H and O–H groups in total. The van der Waals surface area contributed by atoms with Crippen molar-refractivity contribution in [2.24, 2.45) is 0 Å². The number of hydrogen-bond acceptors (Lipinski definition) is 5. The first-order valence-electron chi connectivity index (χ1n) is 8.65. The maximum atomic E-state index is 12.7. The third-order valence-corrected chi connectivity index (χ3v) is 7.71. The summed E-state index contributed by atoms with van der Waals surface area (Å²) < 4.78 is 26.4. The molecule has 0 spiro atoms. The van der Waals surface area contributed by atoms with Gasteiger partial charge in [-0.1, -0.05) is 35.9 Å². The molecule has 0 aliphatic carbocycles. The highest BCUT2D eigenvalue weighted by molar-refractivity contribution is 7.91. The fraction of sp³-hybridized carbons (Fsp3) is 0.0476. The van der Waals surface area contributed by atoms with Gasteiger partial charge in [0.15, 0.2) is 0 Å². The van der Waals surface area contributed by atoms with Gasteiger partial charge in [0, 0.05) is 18.9 Å². The molecular formula is C21H15ClN2O3S2. The van der Waals surface area contributed by atoms with Crippen LogP contribution in [0.1, 0.15) is 15.2 Å². The standard InChI is InChI=1S/C21H15ClN2O3S2/c22-17-3-1-2-4-20(17)29(26,27)16-7-5-14(6-8-16)12-24-21(25)18-11-15-9-10-23-13-19(15)28-18/h1-11,13H,12H2,(H,24,25). The third kappa shape index (κ3) is 4.03. The zero-order valence-electron chi connectivity index (χ0n) is 15.0. The number of pyridine rings is 1. The minimum absolute atomic E-state index is 0.0713.